The topological polar surface area (TPSA) is 104 Å². The summed E-state index contributed by atoms with van der Waals surface area (Å²) < 4.78 is 1.64. The van der Waals surface area contributed by atoms with Gasteiger partial charge in [0.1, 0.15) is 17.5 Å². The van der Waals surface area contributed by atoms with Crippen molar-refractivity contribution in [3.63, 3.8) is 0 Å². The number of nitrogens with zero attached hydrogens (tertiary/aromatic N) is 4. The van der Waals surface area contributed by atoms with Crippen LogP contribution in [0.15, 0.2) is 52.8 Å². The summed E-state index contributed by atoms with van der Waals surface area (Å²) >= 11 is 2.36. The lowest BCUT2D eigenvalue weighted by Crippen LogP contribution is -2.51. The lowest BCUT2D eigenvalue weighted by molar-refractivity contribution is -0.605. The smallest absolute Gasteiger partial charge is 0.185 e. The first-order chi connectivity index (χ1) is 14.6. The summed E-state index contributed by atoms with van der Waals surface area (Å²) in [7, 11) is 0. The number of nitrogens with one attached hydrogen (secondary N) is 1. The molecule has 4 N–H and O–H groups in total. The fraction of sp³-hybridized carbons (Fsp3) is 0.524. The van der Waals surface area contributed by atoms with Crippen molar-refractivity contribution in [1.82, 2.24) is 15.2 Å². The van der Waals surface area contributed by atoms with Gasteiger partial charge in [0, 0.05) is 41.3 Å². The normalized spacial score (nSPS) is 22.7. The largest absolute Gasteiger partial charge is 0.619 e. The number of alkyl halides is 1. The van der Waals surface area contributed by atoms with Gasteiger partial charge in [-0.3, -0.25) is 4.99 Å². The van der Waals surface area contributed by atoms with Crippen molar-refractivity contribution in [3.05, 3.63) is 58.6 Å². The van der Waals surface area contributed by atoms with Crippen LogP contribution in [-0.2, 0) is 6.54 Å². The molecule has 3 rings (SSSR count). The van der Waals surface area contributed by atoms with Crippen LogP contribution < -0.4 is 15.9 Å². The zero-order chi connectivity index (χ0) is 21.5. The lowest BCUT2D eigenvalue weighted by Gasteiger charge is -2.42. The number of aliphatic hydroxyl groups is 1. The maximum Gasteiger partial charge on any atom is 0.185 e. The SMILES string of the molecule is CC/C(CI)=C1\NC(N2CCCC[C@H]2CCO)=CC(=NCc2ccc[n+]([O-])c2)N1N. The summed E-state index contributed by atoms with van der Waals surface area (Å²) in [6, 6.07) is 3.90. The average molecular weight is 526 g/mol. The molecule has 0 bridgehead atoms. The van der Waals surface area contributed by atoms with Crippen LogP contribution in [-0.4, -0.2) is 44.5 Å². The molecule has 0 amide bonds. The van der Waals surface area contributed by atoms with E-state index < -0.39 is 0 Å². The molecule has 8 nitrogen and oxygen atoms in total. The van der Waals surface area contributed by atoms with E-state index in [0.29, 0.717) is 18.4 Å². The van der Waals surface area contributed by atoms with Crippen LogP contribution in [0.2, 0.25) is 0 Å². The van der Waals surface area contributed by atoms with Crippen LogP contribution in [0.4, 0.5) is 0 Å². The third-order valence-corrected chi connectivity index (χ3v) is 6.50. The van der Waals surface area contributed by atoms with Gasteiger partial charge in [0.05, 0.1) is 6.54 Å². The van der Waals surface area contributed by atoms with Crippen LogP contribution in [0.25, 0.3) is 0 Å². The molecule has 0 saturated carbocycles. The second kappa shape index (κ2) is 11.0. The van der Waals surface area contributed by atoms with Gasteiger partial charge in [-0.1, -0.05) is 29.5 Å². The summed E-state index contributed by atoms with van der Waals surface area (Å²) in [5.74, 6) is 8.96. The summed E-state index contributed by atoms with van der Waals surface area (Å²) in [6.07, 6.45) is 9.97. The molecule has 0 aromatic carbocycles. The van der Waals surface area contributed by atoms with E-state index in [1.807, 2.05) is 12.1 Å². The number of rotatable bonds is 7. The molecule has 0 spiro atoms. The minimum Gasteiger partial charge on any atom is -0.619 e. The van der Waals surface area contributed by atoms with Crippen LogP contribution in [0.1, 0.15) is 44.6 Å². The van der Waals surface area contributed by atoms with Crippen LogP contribution in [0, 0.1) is 5.21 Å². The lowest BCUT2D eigenvalue weighted by atomic mass is 9.99. The van der Waals surface area contributed by atoms with Gasteiger partial charge in [-0.05, 0) is 43.7 Å². The molecular weight excluding hydrogens is 495 g/mol. The molecule has 1 aromatic heterocycles. The van der Waals surface area contributed by atoms with Crippen molar-refractivity contribution in [2.24, 2.45) is 10.8 Å². The molecule has 1 atom stereocenters. The number of aliphatic hydroxyl groups excluding tert-OH is 1. The highest BCUT2D eigenvalue weighted by Crippen LogP contribution is 2.26. The predicted octanol–water partition coefficient (Wildman–Crippen LogP) is 2.13. The number of hydrogen-bond donors (Lipinski definition) is 3. The van der Waals surface area contributed by atoms with Gasteiger partial charge in [-0.2, -0.15) is 4.73 Å². The molecule has 9 heteroatoms. The second-order valence-corrected chi connectivity index (χ2v) is 8.33. The van der Waals surface area contributed by atoms with Gasteiger partial charge in [-0.15, -0.1) is 0 Å². The van der Waals surface area contributed by atoms with E-state index in [9.17, 15) is 10.3 Å². The van der Waals surface area contributed by atoms with E-state index in [1.54, 1.807) is 11.1 Å². The van der Waals surface area contributed by atoms with Crippen molar-refractivity contribution in [1.29, 1.82) is 0 Å². The number of aromatic nitrogens is 1. The van der Waals surface area contributed by atoms with E-state index in [2.05, 4.69) is 39.7 Å². The molecule has 164 valence electrons. The monoisotopic (exact) mass is 526 g/mol. The first-order valence-corrected chi connectivity index (χ1v) is 12.0. The number of pyridine rings is 1. The molecule has 1 fully saturated rings. The fourth-order valence-electron chi connectivity index (χ4n) is 3.92. The maximum absolute atomic E-state index is 11.6. The quantitative estimate of drug-likeness (QED) is 0.165. The Morgan fingerprint density at radius 1 is 1.47 bits per heavy atom. The van der Waals surface area contributed by atoms with Crippen LogP contribution >= 0.6 is 22.6 Å². The number of aliphatic imine (C=N–C) groups is 1. The number of allylic oxidation sites excluding steroid dienone is 1. The van der Waals surface area contributed by atoms with Gasteiger partial charge in [-0.25, -0.2) is 10.9 Å². The number of halogens is 1. The molecule has 3 heterocycles. The Hall–Kier alpha value is -1.85. The van der Waals surface area contributed by atoms with E-state index in [1.165, 1.54) is 24.4 Å². The molecule has 30 heavy (non-hydrogen) atoms. The number of hydrazine groups is 1. The summed E-state index contributed by atoms with van der Waals surface area (Å²) in [5.41, 5.74) is 2.04. The molecule has 0 aliphatic carbocycles. The highest BCUT2D eigenvalue weighted by atomic mass is 127. The number of nitrogens with two attached hydrogens (primary N) is 1. The second-order valence-electron chi connectivity index (χ2n) is 7.57. The Morgan fingerprint density at radius 2 is 2.30 bits per heavy atom. The zero-order valence-electron chi connectivity index (χ0n) is 17.4. The fourth-order valence-corrected chi connectivity index (χ4v) is 4.82. The number of hydrogen-bond acceptors (Lipinski definition) is 6. The van der Waals surface area contributed by atoms with E-state index in [4.69, 9.17) is 10.8 Å². The zero-order valence-corrected chi connectivity index (χ0v) is 19.6. The van der Waals surface area contributed by atoms with Gasteiger partial charge in [0.2, 0.25) is 0 Å². The average Bonchev–Trinajstić information content (AvgIpc) is 2.75. The molecule has 1 aromatic rings. The molecule has 0 unspecified atom stereocenters. The van der Waals surface area contributed by atoms with E-state index in [-0.39, 0.29) is 6.61 Å². The third kappa shape index (κ3) is 5.44. The molecule has 2 aliphatic rings. The van der Waals surface area contributed by atoms with Crippen LogP contribution in [0.3, 0.4) is 0 Å². The number of piperidine rings is 1. The Morgan fingerprint density at radius 3 is 3.00 bits per heavy atom. The van der Waals surface area contributed by atoms with Crippen molar-refractivity contribution in [2.45, 2.75) is 51.6 Å². The van der Waals surface area contributed by atoms with Crippen molar-refractivity contribution >= 4 is 28.4 Å². The Labute approximate surface area is 191 Å². The minimum atomic E-state index is 0.179. The Balaban J connectivity index is 1.96. The Kier molecular flexibility index (Phi) is 8.34. The van der Waals surface area contributed by atoms with Gasteiger partial charge in [0.25, 0.3) is 0 Å². The minimum absolute atomic E-state index is 0.179. The highest BCUT2D eigenvalue weighted by Gasteiger charge is 2.29. The van der Waals surface area contributed by atoms with Crippen molar-refractivity contribution < 1.29 is 9.84 Å². The standard InChI is InChI=1S/C21H31IN6O2/c1-2-17(13-22)21-25-20(27-10-4-3-7-18(27)8-11-29)12-19(28(21)23)24-14-16-6-5-9-26(30)15-16/h5-6,9,12,15,18,25,29H,2-4,7-8,10-11,13-14,23H2,1H3/b21-17-,24-19?/t18-/m0/s1. The van der Waals surface area contributed by atoms with E-state index >= 15 is 0 Å². The summed E-state index contributed by atoms with van der Waals surface area (Å²) in [5, 5.41) is 26.2. The summed E-state index contributed by atoms with van der Waals surface area (Å²) in [4.78, 5) is 7.07. The number of amidine groups is 1. The molecule has 0 radical (unpaired) electrons. The Bertz CT molecular complexity index is 817. The number of likely N-dealkylation sites (tertiary alicyclic amines) is 1. The highest BCUT2D eigenvalue weighted by molar-refractivity contribution is 14.1. The predicted molar refractivity (Wildman–Crippen MR) is 126 cm³/mol. The third-order valence-electron chi connectivity index (χ3n) is 5.58. The molecular formula is C21H31IN6O2. The van der Waals surface area contributed by atoms with Gasteiger partial charge in [0.15, 0.2) is 12.4 Å². The van der Waals surface area contributed by atoms with Crippen LogP contribution in [0.5, 0.6) is 0 Å². The van der Waals surface area contributed by atoms with Crippen molar-refractivity contribution in [2.75, 3.05) is 17.6 Å². The van der Waals surface area contributed by atoms with Gasteiger partial charge >= 0.3 is 0 Å². The summed E-state index contributed by atoms with van der Waals surface area (Å²) in [6.45, 7) is 3.61. The molecule has 2 aliphatic heterocycles. The first kappa shape index (κ1) is 22.8. The van der Waals surface area contributed by atoms with Crippen molar-refractivity contribution in [3.8, 4) is 0 Å². The molecule has 1 saturated heterocycles. The maximum atomic E-state index is 11.6. The van der Waals surface area contributed by atoms with Gasteiger partial charge < -0.3 is 20.5 Å². The first-order valence-electron chi connectivity index (χ1n) is 10.5. The van der Waals surface area contributed by atoms with E-state index in [0.717, 1.165) is 58.6 Å².